The average molecular weight is 410 g/mol. The molecule has 2 rings (SSSR count). The number of halogens is 1. The van der Waals surface area contributed by atoms with E-state index in [9.17, 15) is 8.42 Å². The van der Waals surface area contributed by atoms with Crippen LogP contribution in [-0.2, 0) is 16.6 Å². The highest BCUT2D eigenvalue weighted by Crippen LogP contribution is 2.18. The van der Waals surface area contributed by atoms with E-state index in [1.807, 2.05) is 0 Å². The fourth-order valence-corrected chi connectivity index (χ4v) is 2.11. The lowest BCUT2D eigenvalue weighted by Gasteiger charge is -2.11. The molecule has 20 heavy (non-hydrogen) atoms. The molecule has 0 amide bonds. The van der Waals surface area contributed by atoms with Crippen LogP contribution in [0.15, 0.2) is 34.2 Å². The lowest BCUT2D eigenvalue weighted by Crippen LogP contribution is -2.38. The largest absolute Gasteiger partial charge is 0.354 e. The number of rotatable bonds is 4. The molecule has 0 heterocycles. The second kappa shape index (κ2) is 7.23. The monoisotopic (exact) mass is 410 g/mol. The summed E-state index contributed by atoms with van der Waals surface area (Å²) in [5.41, 5.74) is 0.964. The maximum atomic E-state index is 11.1. The molecule has 0 aromatic heterocycles. The van der Waals surface area contributed by atoms with Crippen LogP contribution in [0.25, 0.3) is 0 Å². The Balaban J connectivity index is 0.00000200. The fourth-order valence-electron chi connectivity index (χ4n) is 1.60. The predicted molar refractivity (Wildman–Crippen MR) is 89.6 cm³/mol. The number of hydrogen-bond donors (Lipinski definition) is 3. The maximum Gasteiger partial charge on any atom is 0.238 e. The SMILES string of the molecule is CN=C(NCc1ccc(S(N)(=O)=O)cc1)NC1CC1.I. The Bertz CT molecular complexity index is 568. The molecule has 1 aromatic carbocycles. The quantitative estimate of drug-likeness (QED) is 0.388. The van der Waals surface area contributed by atoms with E-state index in [-0.39, 0.29) is 28.9 Å². The van der Waals surface area contributed by atoms with Crippen molar-refractivity contribution in [1.82, 2.24) is 10.6 Å². The molecule has 1 saturated carbocycles. The summed E-state index contributed by atoms with van der Waals surface area (Å²) in [6.45, 7) is 0.581. The van der Waals surface area contributed by atoms with Gasteiger partial charge in [0.25, 0.3) is 0 Å². The summed E-state index contributed by atoms with van der Waals surface area (Å²) in [5, 5.41) is 11.5. The Labute approximate surface area is 136 Å². The van der Waals surface area contributed by atoms with Gasteiger partial charge in [0.2, 0.25) is 10.0 Å². The van der Waals surface area contributed by atoms with Gasteiger partial charge < -0.3 is 10.6 Å². The molecule has 0 spiro atoms. The highest BCUT2D eigenvalue weighted by atomic mass is 127. The second-order valence-electron chi connectivity index (χ2n) is 4.53. The Hall–Kier alpha value is -0.870. The van der Waals surface area contributed by atoms with Crippen molar-refractivity contribution in [3.8, 4) is 0 Å². The molecule has 6 nitrogen and oxygen atoms in total. The molecular weight excluding hydrogens is 391 g/mol. The molecule has 4 N–H and O–H groups in total. The first-order valence-corrected chi connectivity index (χ1v) is 7.62. The number of sulfonamides is 1. The van der Waals surface area contributed by atoms with E-state index in [0.29, 0.717) is 12.6 Å². The Morgan fingerprint density at radius 1 is 1.35 bits per heavy atom. The number of primary sulfonamides is 1. The van der Waals surface area contributed by atoms with Crippen LogP contribution in [-0.4, -0.2) is 27.5 Å². The number of hydrogen-bond acceptors (Lipinski definition) is 3. The molecule has 0 atom stereocenters. The van der Waals surface area contributed by atoms with E-state index in [4.69, 9.17) is 5.14 Å². The first kappa shape index (κ1) is 17.2. The molecule has 8 heteroatoms. The summed E-state index contributed by atoms with van der Waals surface area (Å²) >= 11 is 0. The van der Waals surface area contributed by atoms with Crippen LogP contribution < -0.4 is 15.8 Å². The Morgan fingerprint density at radius 2 is 1.95 bits per heavy atom. The van der Waals surface area contributed by atoms with Crippen LogP contribution in [0.3, 0.4) is 0 Å². The van der Waals surface area contributed by atoms with Gasteiger partial charge in [-0.05, 0) is 30.5 Å². The van der Waals surface area contributed by atoms with Crippen molar-refractivity contribution < 1.29 is 8.42 Å². The zero-order chi connectivity index (χ0) is 13.9. The van der Waals surface area contributed by atoms with Gasteiger partial charge in [0, 0.05) is 19.6 Å². The molecule has 0 radical (unpaired) electrons. The lowest BCUT2D eigenvalue weighted by atomic mass is 10.2. The third kappa shape index (κ3) is 5.25. The van der Waals surface area contributed by atoms with Crippen LogP contribution >= 0.6 is 24.0 Å². The van der Waals surface area contributed by atoms with E-state index in [0.717, 1.165) is 11.5 Å². The molecule has 1 fully saturated rings. The van der Waals surface area contributed by atoms with Gasteiger partial charge in [0.1, 0.15) is 0 Å². The minimum atomic E-state index is -3.62. The zero-order valence-corrected chi connectivity index (χ0v) is 14.3. The number of nitrogens with two attached hydrogens (primary N) is 1. The van der Waals surface area contributed by atoms with Crippen LogP contribution in [0.5, 0.6) is 0 Å². The minimum absolute atomic E-state index is 0. The summed E-state index contributed by atoms with van der Waals surface area (Å²) in [4.78, 5) is 4.24. The normalized spacial score (nSPS) is 15.4. The summed E-state index contributed by atoms with van der Waals surface area (Å²) in [7, 11) is -1.90. The van der Waals surface area contributed by atoms with E-state index < -0.39 is 10.0 Å². The van der Waals surface area contributed by atoms with Gasteiger partial charge in [0.15, 0.2) is 5.96 Å². The number of nitrogens with zero attached hydrogens (tertiary/aromatic N) is 1. The standard InChI is InChI=1S/C12H18N4O2S.HI/c1-14-12(16-10-4-5-10)15-8-9-2-6-11(7-3-9)19(13,17)18;/h2-3,6-7,10H,4-5,8H2,1H3,(H2,13,17,18)(H2,14,15,16);1H. The summed E-state index contributed by atoms with van der Waals surface area (Å²) in [5.74, 6) is 0.762. The van der Waals surface area contributed by atoms with Crippen molar-refractivity contribution in [2.24, 2.45) is 10.1 Å². The van der Waals surface area contributed by atoms with Gasteiger partial charge in [-0.3, -0.25) is 4.99 Å². The first-order valence-electron chi connectivity index (χ1n) is 6.08. The predicted octanol–water partition coefficient (Wildman–Crippen LogP) is 0.779. The van der Waals surface area contributed by atoms with Crippen molar-refractivity contribution in [3.63, 3.8) is 0 Å². The Morgan fingerprint density at radius 3 is 2.40 bits per heavy atom. The third-order valence-corrected chi connectivity index (χ3v) is 3.78. The summed E-state index contributed by atoms with van der Waals surface area (Å²) < 4.78 is 22.2. The molecule has 1 aliphatic carbocycles. The molecule has 0 saturated heterocycles. The van der Waals surface area contributed by atoms with Gasteiger partial charge in [-0.2, -0.15) is 0 Å². The van der Waals surface area contributed by atoms with Crippen molar-refractivity contribution in [3.05, 3.63) is 29.8 Å². The van der Waals surface area contributed by atoms with Crippen LogP contribution in [0.2, 0.25) is 0 Å². The first-order chi connectivity index (χ1) is 8.99. The summed E-state index contributed by atoms with van der Waals surface area (Å²) in [6, 6.07) is 7.01. The maximum absolute atomic E-state index is 11.1. The number of guanidine groups is 1. The van der Waals surface area contributed by atoms with Crippen molar-refractivity contribution in [1.29, 1.82) is 0 Å². The van der Waals surface area contributed by atoms with Crippen molar-refractivity contribution in [2.45, 2.75) is 30.3 Å². The molecule has 0 bridgehead atoms. The smallest absolute Gasteiger partial charge is 0.238 e. The number of aliphatic imine (C=N–C) groups is 1. The molecule has 0 aliphatic heterocycles. The highest BCUT2D eigenvalue weighted by Gasteiger charge is 2.21. The zero-order valence-electron chi connectivity index (χ0n) is 11.2. The second-order valence-corrected chi connectivity index (χ2v) is 6.09. The van der Waals surface area contributed by atoms with E-state index in [2.05, 4.69) is 15.6 Å². The van der Waals surface area contributed by atoms with Gasteiger partial charge in [0.05, 0.1) is 4.90 Å². The molecule has 1 aliphatic rings. The number of nitrogens with one attached hydrogen (secondary N) is 2. The number of benzene rings is 1. The van der Waals surface area contributed by atoms with Crippen molar-refractivity contribution >= 4 is 40.0 Å². The van der Waals surface area contributed by atoms with Crippen molar-refractivity contribution in [2.75, 3.05) is 7.05 Å². The van der Waals surface area contributed by atoms with Gasteiger partial charge in [-0.1, -0.05) is 12.1 Å². The van der Waals surface area contributed by atoms with Crippen LogP contribution in [0.1, 0.15) is 18.4 Å². The third-order valence-electron chi connectivity index (χ3n) is 2.85. The molecular formula is C12H19IN4O2S. The van der Waals surface area contributed by atoms with E-state index >= 15 is 0 Å². The molecule has 112 valence electrons. The van der Waals surface area contributed by atoms with Crippen LogP contribution in [0.4, 0.5) is 0 Å². The average Bonchev–Trinajstić information content (AvgIpc) is 3.18. The lowest BCUT2D eigenvalue weighted by molar-refractivity contribution is 0.597. The van der Waals surface area contributed by atoms with Crippen LogP contribution in [0, 0.1) is 0 Å². The van der Waals surface area contributed by atoms with Gasteiger partial charge >= 0.3 is 0 Å². The molecule has 0 unspecified atom stereocenters. The summed E-state index contributed by atoms with van der Waals surface area (Å²) in [6.07, 6.45) is 2.37. The minimum Gasteiger partial charge on any atom is -0.354 e. The topological polar surface area (TPSA) is 96.6 Å². The van der Waals surface area contributed by atoms with Gasteiger partial charge in [-0.25, -0.2) is 13.6 Å². The van der Waals surface area contributed by atoms with E-state index in [1.54, 1.807) is 19.2 Å². The highest BCUT2D eigenvalue weighted by molar-refractivity contribution is 14.0. The van der Waals surface area contributed by atoms with E-state index in [1.165, 1.54) is 25.0 Å². The molecule has 1 aromatic rings. The fraction of sp³-hybridized carbons (Fsp3) is 0.417. The van der Waals surface area contributed by atoms with Gasteiger partial charge in [-0.15, -0.1) is 24.0 Å². The Kier molecular flexibility index (Phi) is 6.21.